The molecular formula is C15H22O3. The third-order valence-electron chi connectivity index (χ3n) is 6.00. The van der Waals surface area contributed by atoms with Gasteiger partial charge in [0.2, 0.25) is 0 Å². The van der Waals surface area contributed by atoms with Crippen LogP contribution in [0.25, 0.3) is 0 Å². The van der Waals surface area contributed by atoms with Gasteiger partial charge in [0.1, 0.15) is 5.60 Å². The first-order valence-corrected chi connectivity index (χ1v) is 7.57. The summed E-state index contributed by atoms with van der Waals surface area (Å²) in [6.45, 7) is 2.15. The first-order valence-electron chi connectivity index (χ1n) is 7.57. The number of hydrogen-bond donors (Lipinski definition) is 0. The molecule has 2 saturated heterocycles. The second-order valence-corrected chi connectivity index (χ2v) is 6.84. The van der Waals surface area contributed by atoms with Crippen molar-refractivity contribution in [3.05, 3.63) is 0 Å². The zero-order valence-electron chi connectivity index (χ0n) is 11.1. The molecule has 3 saturated carbocycles. The average Bonchev–Trinajstić information content (AvgIpc) is 3.05. The first-order chi connectivity index (χ1) is 8.66. The van der Waals surface area contributed by atoms with Gasteiger partial charge in [-0.05, 0) is 50.9 Å². The predicted molar refractivity (Wildman–Crippen MR) is 66.0 cm³/mol. The molecule has 4 atom stereocenters. The van der Waals surface area contributed by atoms with E-state index in [4.69, 9.17) is 9.47 Å². The highest BCUT2D eigenvalue weighted by Gasteiger charge is 2.69. The second-order valence-electron chi connectivity index (χ2n) is 6.84. The van der Waals surface area contributed by atoms with Crippen LogP contribution in [0.1, 0.15) is 58.3 Å². The summed E-state index contributed by atoms with van der Waals surface area (Å²) in [7, 11) is 0. The van der Waals surface area contributed by atoms with Gasteiger partial charge in [0.25, 0.3) is 0 Å². The predicted octanol–water partition coefficient (Wildman–Crippen LogP) is 2.82. The number of esters is 1. The summed E-state index contributed by atoms with van der Waals surface area (Å²) in [4.78, 5) is 12.5. The van der Waals surface area contributed by atoms with E-state index in [9.17, 15) is 4.79 Å². The van der Waals surface area contributed by atoms with Crippen molar-refractivity contribution in [1.82, 2.24) is 0 Å². The first kappa shape index (κ1) is 11.3. The number of carbonyl (C=O) groups excluding carboxylic acids is 1. The summed E-state index contributed by atoms with van der Waals surface area (Å²) in [6.07, 6.45) is 9.20. The molecule has 3 nitrogen and oxygen atoms in total. The van der Waals surface area contributed by atoms with E-state index in [1.807, 2.05) is 0 Å². The maximum absolute atomic E-state index is 12.5. The van der Waals surface area contributed by atoms with Crippen LogP contribution in [0, 0.1) is 11.8 Å². The van der Waals surface area contributed by atoms with Crippen LogP contribution >= 0.6 is 0 Å². The molecule has 4 unspecified atom stereocenters. The van der Waals surface area contributed by atoms with E-state index in [2.05, 4.69) is 6.92 Å². The summed E-state index contributed by atoms with van der Waals surface area (Å²) in [6, 6.07) is 0. The van der Waals surface area contributed by atoms with Gasteiger partial charge >= 0.3 is 5.97 Å². The number of carbonyl (C=O) groups is 1. The fourth-order valence-corrected chi connectivity index (χ4v) is 4.86. The van der Waals surface area contributed by atoms with Gasteiger partial charge in [-0.1, -0.05) is 6.92 Å². The summed E-state index contributed by atoms with van der Waals surface area (Å²) < 4.78 is 11.9. The summed E-state index contributed by atoms with van der Waals surface area (Å²) in [5.74, 6) is 0.722. The van der Waals surface area contributed by atoms with Crippen molar-refractivity contribution in [3.8, 4) is 0 Å². The molecule has 0 amide bonds. The molecule has 5 rings (SSSR count). The highest BCUT2D eigenvalue weighted by atomic mass is 16.6. The Hall–Kier alpha value is -0.570. The van der Waals surface area contributed by atoms with E-state index >= 15 is 0 Å². The van der Waals surface area contributed by atoms with Crippen LogP contribution in [0.5, 0.6) is 0 Å². The Morgan fingerprint density at radius 1 is 1.33 bits per heavy atom. The van der Waals surface area contributed by atoms with E-state index in [1.54, 1.807) is 0 Å². The molecule has 2 heterocycles. The van der Waals surface area contributed by atoms with Crippen molar-refractivity contribution >= 4 is 5.97 Å². The van der Waals surface area contributed by atoms with Crippen LogP contribution in [0.4, 0.5) is 0 Å². The van der Waals surface area contributed by atoms with Crippen molar-refractivity contribution in [2.45, 2.75) is 75.6 Å². The normalized spacial score (nSPS) is 47.1. The largest absolute Gasteiger partial charge is 0.459 e. The Bertz CT molecular complexity index is 377. The van der Waals surface area contributed by atoms with Crippen molar-refractivity contribution in [2.75, 3.05) is 0 Å². The van der Waals surface area contributed by atoms with Gasteiger partial charge in [0.15, 0.2) is 0 Å². The van der Waals surface area contributed by atoms with E-state index in [-0.39, 0.29) is 23.1 Å². The van der Waals surface area contributed by atoms with Crippen LogP contribution in [0.3, 0.4) is 0 Å². The number of hydrogen-bond acceptors (Lipinski definition) is 3. The Morgan fingerprint density at radius 2 is 2.06 bits per heavy atom. The molecule has 3 bridgehead atoms. The van der Waals surface area contributed by atoms with Gasteiger partial charge < -0.3 is 9.47 Å². The lowest BCUT2D eigenvalue weighted by Crippen LogP contribution is -2.55. The highest BCUT2D eigenvalue weighted by molar-refractivity contribution is 5.76. The smallest absolute Gasteiger partial charge is 0.312 e. The number of rotatable bonds is 3. The molecule has 1 spiro atoms. The van der Waals surface area contributed by atoms with Gasteiger partial charge in [-0.3, -0.25) is 4.79 Å². The van der Waals surface area contributed by atoms with Crippen molar-refractivity contribution in [1.29, 1.82) is 0 Å². The lowest BCUT2D eigenvalue weighted by molar-refractivity contribution is -0.224. The van der Waals surface area contributed by atoms with Crippen molar-refractivity contribution < 1.29 is 14.3 Å². The van der Waals surface area contributed by atoms with E-state index in [0.29, 0.717) is 12.0 Å². The monoisotopic (exact) mass is 250 g/mol. The van der Waals surface area contributed by atoms with Crippen molar-refractivity contribution in [3.63, 3.8) is 0 Å². The highest BCUT2D eigenvalue weighted by Crippen LogP contribution is 2.64. The van der Waals surface area contributed by atoms with E-state index < -0.39 is 0 Å². The fraction of sp³-hybridized carbons (Fsp3) is 0.933. The van der Waals surface area contributed by atoms with Crippen LogP contribution < -0.4 is 0 Å². The molecule has 5 aliphatic rings. The van der Waals surface area contributed by atoms with E-state index in [0.717, 1.165) is 38.5 Å². The topological polar surface area (TPSA) is 35.5 Å². The molecule has 0 aromatic heterocycles. The van der Waals surface area contributed by atoms with E-state index in [1.165, 1.54) is 12.8 Å². The molecule has 0 aromatic carbocycles. The Morgan fingerprint density at radius 3 is 2.56 bits per heavy atom. The third kappa shape index (κ3) is 1.31. The van der Waals surface area contributed by atoms with Crippen molar-refractivity contribution in [2.24, 2.45) is 11.8 Å². The molecule has 0 aromatic rings. The van der Waals surface area contributed by atoms with Gasteiger partial charge in [0.05, 0.1) is 17.6 Å². The average molecular weight is 250 g/mol. The maximum Gasteiger partial charge on any atom is 0.312 e. The van der Waals surface area contributed by atoms with Crippen LogP contribution in [0.2, 0.25) is 0 Å². The molecule has 18 heavy (non-hydrogen) atoms. The van der Waals surface area contributed by atoms with Gasteiger partial charge in [-0.15, -0.1) is 0 Å². The summed E-state index contributed by atoms with van der Waals surface area (Å²) in [5, 5.41) is 0. The van der Waals surface area contributed by atoms with Gasteiger partial charge in [0, 0.05) is 6.42 Å². The lowest BCUT2D eigenvalue weighted by Gasteiger charge is -2.47. The molecule has 100 valence electrons. The fourth-order valence-electron chi connectivity index (χ4n) is 4.86. The molecule has 5 fully saturated rings. The van der Waals surface area contributed by atoms with Crippen LogP contribution in [-0.4, -0.2) is 23.3 Å². The lowest BCUT2D eigenvalue weighted by atomic mass is 9.78. The van der Waals surface area contributed by atoms with Crippen LogP contribution in [-0.2, 0) is 14.3 Å². The minimum Gasteiger partial charge on any atom is -0.459 e. The molecule has 0 radical (unpaired) electrons. The molecule has 0 N–H and O–H groups in total. The molecule has 3 aliphatic carbocycles. The van der Waals surface area contributed by atoms with Gasteiger partial charge in [-0.2, -0.15) is 0 Å². The Balaban J connectivity index is 1.48. The maximum atomic E-state index is 12.5. The minimum absolute atomic E-state index is 0.0384. The summed E-state index contributed by atoms with van der Waals surface area (Å²) >= 11 is 0. The Kier molecular flexibility index (Phi) is 2.19. The zero-order valence-corrected chi connectivity index (χ0v) is 11.1. The van der Waals surface area contributed by atoms with Gasteiger partial charge in [-0.25, -0.2) is 0 Å². The minimum atomic E-state index is -0.140. The molecule has 2 aliphatic heterocycles. The zero-order chi connectivity index (χ0) is 12.4. The molecule has 3 heteroatoms. The summed E-state index contributed by atoms with van der Waals surface area (Å²) in [5.41, 5.74) is -0.237. The third-order valence-corrected chi connectivity index (χ3v) is 6.00. The Labute approximate surface area is 108 Å². The standard InChI is InChI=1S/C15H22O3/c1-2-14(5-3-4-6-14)18-13(16)11-7-10-8-15(11)9-12(10)17-15/h10-12H,2-9H2,1H3. The van der Waals surface area contributed by atoms with Crippen LogP contribution in [0.15, 0.2) is 0 Å². The number of ether oxygens (including phenoxy) is 2. The second kappa shape index (κ2) is 3.50. The quantitative estimate of drug-likeness (QED) is 0.722. The molecular weight excluding hydrogens is 228 g/mol. The SMILES string of the molecule is CCC1(OC(=O)C2CC3CC24CC3O4)CCCC1.